The van der Waals surface area contributed by atoms with E-state index in [-0.39, 0.29) is 0 Å². The molecular formula is C18H26BrCl. The third-order valence-corrected chi connectivity index (χ3v) is 5.69. The van der Waals surface area contributed by atoms with Gasteiger partial charge in [-0.15, -0.1) is 11.6 Å². The van der Waals surface area contributed by atoms with Gasteiger partial charge in [0.05, 0.1) is 0 Å². The number of rotatable bonds is 6. The molecule has 0 aromatic heterocycles. The molecule has 2 rings (SSSR count). The lowest BCUT2D eigenvalue weighted by Gasteiger charge is -2.31. The Bertz CT molecular complexity index is 396. The molecule has 112 valence electrons. The third-order valence-electron chi connectivity index (χ3n) is 4.69. The molecule has 20 heavy (non-hydrogen) atoms. The van der Waals surface area contributed by atoms with Crippen molar-refractivity contribution in [3.63, 3.8) is 0 Å². The van der Waals surface area contributed by atoms with Crippen molar-refractivity contribution < 1.29 is 0 Å². The first-order valence-electron chi connectivity index (χ1n) is 8.07. The zero-order valence-electron chi connectivity index (χ0n) is 12.5. The molecule has 1 saturated carbocycles. The van der Waals surface area contributed by atoms with Crippen LogP contribution in [0, 0.1) is 11.8 Å². The average molecular weight is 358 g/mol. The molecule has 0 nitrogen and oxygen atoms in total. The van der Waals surface area contributed by atoms with Gasteiger partial charge in [-0.3, -0.25) is 0 Å². The van der Waals surface area contributed by atoms with Gasteiger partial charge in [0.1, 0.15) is 0 Å². The quantitative estimate of drug-likeness (QED) is 0.503. The summed E-state index contributed by atoms with van der Waals surface area (Å²) in [5.41, 5.74) is 1.35. The molecule has 1 fully saturated rings. The summed E-state index contributed by atoms with van der Waals surface area (Å²) in [7, 11) is 0. The van der Waals surface area contributed by atoms with E-state index in [9.17, 15) is 0 Å². The highest BCUT2D eigenvalue weighted by Crippen LogP contribution is 2.36. The van der Waals surface area contributed by atoms with Gasteiger partial charge in [0.25, 0.3) is 0 Å². The van der Waals surface area contributed by atoms with Crippen molar-refractivity contribution in [2.45, 2.75) is 63.7 Å². The lowest BCUT2D eigenvalue weighted by atomic mass is 9.77. The number of hydrogen-bond donors (Lipinski definition) is 0. The van der Waals surface area contributed by atoms with E-state index in [4.69, 9.17) is 11.6 Å². The Hall–Kier alpha value is -0.0100. The fourth-order valence-electron chi connectivity index (χ4n) is 3.39. The summed E-state index contributed by atoms with van der Waals surface area (Å²) in [4.78, 5) is 0. The Morgan fingerprint density at radius 2 is 2.00 bits per heavy atom. The van der Waals surface area contributed by atoms with E-state index in [1.54, 1.807) is 0 Å². The average Bonchev–Trinajstić information content (AvgIpc) is 2.45. The van der Waals surface area contributed by atoms with Gasteiger partial charge in [0.2, 0.25) is 0 Å². The number of unbranched alkanes of at least 4 members (excludes halogenated alkanes) is 1. The second kappa shape index (κ2) is 8.44. The first-order valence-corrected chi connectivity index (χ1v) is 9.30. The molecule has 1 unspecified atom stereocenters. The number of halogens is 2. The van der Waals surface area contributed by atoms with Crippen LogP contribution >= 0.6 is 27.5 Å². The van der Waals surface area contributed by atoms with Crippen LogP contribution in [0.5, 0.6) is 0 Å². The third kappa shape index (κ3) is 5.07. The van der Waals surface area contributed by atoms with Gasteiger partial charge < -0.3 is 0 Å². The minimum absolute atomic E-state index is 0.302. The van der Waals surface area contributed by atoms with Crippen molar-refractivity contribution in [3.05, 3.63) is 34.3 Å². The summed E-state index contributed by atoms with van der Waals surface area (Å²) in [6, 6.07) is 8.56. The lowest BCUT2D eigenvalue weighted by molar-refractivity contribution is 0.253. The standard InChI is InChI=1S/C18H26BrCl/c1-2-3-5-14-8-10-16(11-9-14)18(20)13-15-6-4-7-17(19)12-15/h4,6-7,12,14,16,18H,2-3,5,8-11,13H2,1H3. The smallest absolute Gasteiger partial charge is 0.0404 e. The molecule has 1 aromatic rings. The van der Waals surface area contributed by atoms with E-state index in [0.29, 0.717) is 11.3 Å². The van der Waals surface area contributed by atoms with E-state index in [0.717, 1.165) is 16.8 Å². The molecule has 0 heterocycles. The zero-order valence-corrected chi connectivity index (χ0v) is 14.8. The van der Waals surface area contributed by atoms with Gasteiger partial charge in [0.15, 0.2) is 0 Å². The maximum absolute atomic E-state index is 6.68. The monoisotopic (exact) mass is 356 g/mol. The Balaban J connectivity index is 1.78. The molecule has 0 bridgehead atoms. The van der Waals surface area contributed by atoms with Crippen LogP contribution in [-0.4, -0.2) is 5.38 Å². The Morgan fingerprint density at radius 1 is 1.25 bits per heavy atom. The van der Waals surface area contributed by atoms with Crippen molar-refractivity contribution in [2.75, 3.05) is 0 Å². The lowest BCUT2D eigenvalue weighted by Crippen LogP contribution is -2.23. The van der Waals surface area contributed by atoms with Gasteiger partial charge >= 0.3 is 0 Å². The van der Waals surface area contributed by atoms with Crippen LogP contribution in [0.4, 0.5) is 0 Å². The first-order chi connectivity index (χ1) is 9.69. The summed E-state index contributed by atoms with van der Waals surface area (Å²) in [5, 5.41) is 0.302. The largest absolute Gasteiger partial charge is 0.122 e. The van der Waals surface area contributed by atoms with Crippen LogP contribution in [0.25, 0.3) is 0 Å². The van der Waals surface area contributed by atoms with Crippen molar-refractivity contribution in [2.24, 2.45) is 11.8 Å². The summed E-state index contributed by atoms with van der Waals surface area (Å²) >= 11 is 10.2. The highest BCUT2D eigenvalue weighted by Gasteiger charge is 2.26. The fraction of sp³-hybridized carbons (Fsp3) is 0.667. The van der Waals surface area contributed by atoms with Crippen molar-refractivity contribution in [1.29, 1.82) is 0 Å². The van der Waals surface area contributed by atoms with Gasteiger partial charge in [-0.25, -0.2) is 0 Å². The Labute approximate surface area is 137 Å². The summed E-state index contributed by atoms with van der Waals surface area (Å²) < 4.78 is 1.15. The SMILES string of the molecule is CCCCC1CCC(C(Cl)Cc2cccc(Br)c2)CC1. The van der Waals surface area contributed by atoms with Gasteiger partial charge in [-0.05, 0) is 48.8 Å². The molecule has 0 spiro atoms. The predicted octanol–water partition coefficient (Wildman–Crippen LogP) is 6.60. The van der Waals surface area contributed by atoms with Gasteiger partial charge in [-0.1, -0.05) is 67.1 Å². The molecule has 0 saturated heterocycles. The molecule has 0 amide bonds. The van der Waals surface area contributed by atoms with Crippen LogP contribution in [0.2, 0.25) is 0 Å². The van der Waals surface area contributed by atoms with Crippen molar-refractivity contribution in [3.8, 4) is 0 Å². The van der Waals surface area contributed by atoms with Crippen molar-refractivity contribution >= 4 is 27.5 Å². The summed E-state index contributed by atoms with van der Waals surface area (Å²) in [6.07, 6.45) is 10.6. The Kier molecular flexibility index (Phi) is 6.90. The topological polar surface area (TPSA) is 0 Å². The van der Waals surface area contributed by atoms with E-state index < -0.39 is 0 Å². The molecule has 0 N–H and O–H groups in total. The van der Waals surface area contributed by atoms with Crippen molar-refractivity contribution in [1.82, 2.24) is 0 Å². The minimum Gasteiger partial charge on any atom is -0.122 e. The van der Waals surface area contributed by atoms with E-state index in [2.05, 4.69) is 47.1 Å². The van der Waals surface area contributed by atoms with E-state index >= 15 is 0 Å². The maximum atomic E-state index is 6.68. The molecule has 0 aliphatic heterocycles. The number of benzene rings is 1. The van der Waals surface area contributed by atoms with Crippen LogP contribution in [-0.2, 0) is 6.42 Å². The van der Waals surface area contributed by atoms with E-state index in [1.807, 2.05) is 0 Å². The highest BCUT2D eigenvalue weighted by molar-refractivity contribution is 9.10. The second-order valence-corrected chi connectivity index (χ2v) is 7.75. The van der Waals surface area contributed by atoms with Crippen LogP contribution in [0.3, 0.4) is 0 Å². The molecule has 2 heteroatoms. The minimum atomic E-state index is 0.302. The number of hydrogen-bond acceptors (Lipinski definition) is 0. The summed E-state index contributed by atoms with van der Waals surface area (Å²) in [5.74, 6) is 1.69. The zero-order chi connectivity index (χ0) is 14.4. The molecule has 1 aliphatic carbocycles. The maximum Gasteiger partial charge on any atom is 0.0404 e. The van der Waals surface area contributed by atoms with Crippen LogP contribution in [0.15, 0.2) is 28.7 Å². The van der Waals surface area contributed by atoms with Gasteiger partial charge in [0, 0.05) is 9.85 Å². The molecule has 1 aliphatic rings. The molecule has 0 radical (unpaired) electrons. The molecular weight excluding hydrogens is 332 g/mol. The normalized spacial score (nSPS) is 24.6. The molecule has 1 aromatic carbocycles. The summed E-state index contributed by atoms with van der Waals surface area (Å²) in [6.45, 7) is 2.29. The predicted molar refractivity (Wildman–Crippen MR) is 92.5 cm³/mol. The second-order valence-electron chi connectivity index (χ2n) is 6.27. The fourth-order valence-corrected chi connectivity index (χ4v) is 4.26. The number of alkyl halides is 1. The van der Waals surface area contributed by atoms with Gasteiger partial charge in [-0.2, -0.15) is 0 Å². The highest BCUT2D eigenvalue weighted by atomic mass is 79.9. The molecule has 1 atom stereocenters. The Morgan fingerprint density at radius 3 is 2.65 bits per heavy atom. The van der Waals surface area contributed by atoms with Crippen LogP contribution < -0.4 is 0 Å². The van der Waals surface area contributed by atoms with E-state index in [1.165, 1.54) is 50.5 Å². The van der Waals surface area contributed by atoms with Crippen LogP contribution in [0.1, 0.15) is 57.4 Å². The first kappa shape index (κ1) is 16.4.